The first kappa shape index (κ1) is 17.2. The molecule has 1 heterocycles. The van der Waals surface area contributed by atoms with E-state index in [2.05, 4.69) is 34.1 Å². The van der Waals surface area contributed by atoms with Crippen LogP contribution < -0.4 is 10.6 Å². The smallest absolute Gasteiger partial charge is 0.243 e. The van der Waals surface area contributed by atoms with Crippen LogP contribution in [0.25, 0.3) is 0 Å². The molecular weight excluding hydrogens is 286 g/mol. The highest BCUT2D eigenvalue weighted by Gasteiger charge is 2.05. The summed E-state index contributed by atoms with van der Waals surface area (Å²) in [6.07, 6.45) is 4.62. The number of thiazole rings is 1. The van der Waals surface area contributed by atoms with Gasteiger partial charge in [0.1, 0.15) is 11.6 Å². The molecule has 0 saturated carbocycles. The maximum atomic E-state index is 11.6. The zero-order valence-electron chi connectivity index (χ0n) is 12.8. The molecule has 7 heteroatoms. The molecule has 0 fully saturated rings. The van der Waals surface area contributed by atoms with Crippen LogP contribution in [0.1, 0.15) is 16.8 Å². The number of nitrogens with one attached hydrogen (secondary N) is 2. The van der Waals surface area contributed by atoms with Crippen LogP contribution >= 0.6 is 11.3 Å². The molecule has 0 saturated heterocycles. The molecule has 0 aliphatic rings. The van der Waals surface area contributed by atoms with Crippen LogP contribution in [0.15, 0.2) is 23.8 Å². The van der Waals surface area contributed by atoms with E-state index in [1.54, 1.807) is 31.5 Å². The molecule has 1 rings (SSSR count). The number of guanidine groups is 1. The van der Waals surface area contributed by atoms with Gasteiger partial charge in [-0.1, -0.05) is 13.0 Å². The first-order chi connectivity index (χ1) is 10.1. The fourth-order valence-electron chi connectivity index (χ4n) is 1.38. The number of hydrogen-bond donors (Lipinski definition) is 2. The van der Waals surface area contributed by atoms with Gasteiger partial charge in [0.15, 0.2) is 5.96 Å². The lowest BCUT2D eigenvalue weighted by atomic mass is 10.4. The molecule has 0 atom stereocenters. The summed E-state index contributed by atoms with van der Waals surface area (Å²) in [5.74, 6) is 0.538. The van der Waals surface area contributed by atoms with Gasteiger partial charge in [-0.3, -0.25) is 4.79 Å². The van der Waals surface area contributed by atoms with Crippen molar-refractivity contribution in [3.05, 3.63) is 28.7 Å². The van der Waals surface area contributed by atoms with Crippen molar-refractivity contribution in [3.63, 3.8) is 0 Å². The topological polar surface area (TPSA) is 69.6 Å². The molecule has 1 aromatic rings. The van der Waals surface area contributed by atoms with Gasteiger partial charge in [-0.05, 0) is 6.42 Å². The van der Waals surface area contributed by atoms with Crippen LogP contribution in [0, 0.1) is 0 Å². The highest BCUT2D eigenvalue weighted by Crippen LogP contribution is 2.12. The van der Waals surface area contributed by atoms with Crippen LogP contribution in [0.4, 0.5) is 0 Å². The summed E-state index contributed by atoms with van der Waals surface area (Å²) >= 11 is 1.68. The number of aromatic nitrogens is 1. The number of amides is 1. The van der Waals surface area contributed by atoms with E-state index in [1.807, 2.05) is 6.20 Å². The summed E-state index contributed by atoms with van der Waals surface area (Å²) in [7, 11) is 3.42. The highest BCUT2D eigenvalue weighted by atomic mass is 32.1. The van der Waals surface area contributed by atoms with Crippen LogP contribution in [0.3, 0.4) is 0 Å². The van der Waals surface area contributed by atoms with E-state index in [0.717, 1.165) is 11.4 Å². The molecule has 0 bridgehead atoms. The van der Waals surface area contributed by atoms with Gasteiger partial charge in [-0.15, -0.1) is 17.9 Å². The Morgan fingerprint density at radius 1 is 1.52 bits per heavy atom. The van der Waals surface area contributed by atoms with Crippen molar-refractivity contribution >= 4 is 23.2 Å². The molecule has 0 unspecified atom stereocenters. The molecule has 0 aliphatic carbocycles. The Morgan fingerprint density at radius 2 is 2.29 bits per heavy atom. The van der Waals surface area contributed by atoms with Crippen LogP contribution in [0.2, 0.25) is 0 Å². The van der Waals surface area contributed by atoms with E-state index < -0.39 is 0 Å². The normalized spacial score (nSPS) is 11.1. The van der Waals surface area contributed by atoms with Crippen molar-refractivity contribution < 1.29 is 4.79 Å². The molecule has 2 N–H and O–H groups in total. The SMILES string of the molecule is C=CCNC(=NCC(=O)N(C)C)NCc1ncc(CC)s1. The Hall–Kier alpha value is -1.89. The number of rotatable bonds is 7. The summed E-state index contributed by atoms with van der Waals surface area (Å²) < 4.78 is 0. The summed E-state index contributed by atoms with van der Waals surface area (Å²) in [6.45, 7) is 7.04. The third-order valence-corrected chi connectivity index (χ3v) is 3.78. The summed E-state index contributed by atoms with van der Waals surface area (Å²) in [4.78, 5) is 22.9. The summed E-state index contributed by atoms with van der Waals surface area (Å²) in [5, 5.41) is 7.25. The molecular formula is C14H23N5OS. The van der Waals surface area contributed by atoms with E-state index >= 15 is 0 Å². The number of nitrogens with zero attached hydrogens (tertiary/aromatic N) is 3. The lowest BCUT2D eigenvalue weighted by Gasteiger charge is -2.12. The monoisotopic (exact) mass is 309 g/mol. The number of hydrogen-bond acceptors (Lipinski definition) is 4. The average Bonchev–Trinajstić information content (AvgIpc) is 2.94. The third-order valence-electron chi connectivity index (χ3n) is 2.64. The maximum absolute atomic E-state index is 11.6. The zero-order valence-corrected chi connectivity index (χ0v) is 13.7. The number of carbonyl (C=O) groups excluding carboxylic acids is 1. The van der Waals surface area contributed by atoms with Gasteiger partial charge in [0.2, 0.25) is 5.91 Å². The summed E-state index contributed by atoms with van der Waals surface area (Å²) in [6, 6.07) is 0. The van der Waals surface area contributed by atoms with Crippen molar-refractivity contribution in [2.75, 3.05) is 27.2 Å². The second-order valence-electron chi connectivity index (χ2n) is 4.55. The van der Waals surface area contributed by atoms with Crippen molar-refractivity contribution in [1.82, 2.24) is 20.5 Å². The van der Waals surface area contributed by atoms with Gasteiger partial charge in [0, 0.05) is 31.7 Å². The lowest BCUT2D eigenvalue weighted by Crippen LogP contribution is -2.38. The number of aliphatic imine (C=N–C) groups is 1. The Kier molecular flexibility index (Phi) is 7.45. The van der Waals surface area contributed by atoms with Gasteiger partial charge in [0.05, 0.1) is 6.54 Å². The van der Waals surface area contributed by atoms with E-state index in [4.69, 9.17) is 0 Å². The van der Waals surface area contributed by atoms with E-state index in [0.29, 0.717) is 19.0 Å². The van der Waals surface area contributed by atoms with Crippen molar-refractivity contribution in [2.24, 2.45) is 4.99 Å². The molecule has 0 aromatic carbocycles. The van der Waals surface area contributed by atoms with Crippen LogP contribution in [0.5, 0.6) is 0 Å². The Bertz CT molecular complexity index is 495. The van der Waals surface area contributed by atoms with E-state index in [1.165, 1.54) is 9.78 Å². The first-order valence-electron chi connectivity index (χ1n) is 6.83. The van der Waals surface area contributed by atoms with Crippen LogP contribution in [-0.4, -0.2) is 48.9 Å². The molecule has 116 valence electrons. The zero-order chi connectivity index (χ0) is 15.7. The minimum Gasteiger partial charge on any atom is -0.353 e. The van der Waals surface area contributed by atoms with Gasteiger partial charge in [-0.2, -0.15) is 0 Å². The van der Waals surface area contributed by atoms with Crippen LogP contribution in [-0.2, 0) is 17.8 Å². The minimum absolute atomic E-state index is 0.0442. The third kappa shape index (κ3) is 6.40. The van der Waals surface area contributed by atoms with Crippen molar-refractivity contribution in [1.29, 1.82) is 0 Å². The number of likely N-dealkylation sites (N-methyl/N-ethyl adjacent to an activating group) is 1. The van der Waals surface area contributed by atoms with Gasteiger partial charge >= 0.3 is 0 Å². The number of aryl methyl sites for hydroxylation is 1. The largest absolute Gasteiger partial charge is 0.353 e. The molecule has 6 nitrogen and oxygen atoms in total. The predicted octanol–water partition coefficient (Wildman–Crippen LogP) is 1.01. The van der Waals surface area contributed by atoms with Gasteiger partial charge < -0.3 is 15.5 Å². The molecule has 21 heavy (non-hydrogen) atoms. The fraction of sp³-hybridized carbons (Fsp3) is 0.500. The average molecular weight is 309 g/mol. The minimum atomic E-state index is -0.0442. The Balaban J connectivity index is 2.58. The Labute approximate surface area is 130 Å². The highest BCUT2D eigenvalue weighted by molar-refractivity contribution is 7.11. The molecule has 1 amide bonds. The maximum Gasteiger partial charge on any atom is 0.243 e. The molecule has 0 spiro atoms. The molecule has 1 aromatic heterocycles. The lowest BCUT2D eigenvalue weighted by molar-refractivity contribution is -0.127. The molecule has 0 aliphatic heterocycles. The predicted molar refractivity (Wildman–Crippen MR) is 87.5 cm³/mol. The second kappa shape index (κ2) is 9.12. The number of carbonyl (C=O) groups is 1. The van der Waals surface area contributed by atoms with Gasteiger partial charge in [-0.25, -0.2) is 9.98 Å². The van der Waals surface area contributed by atoms with Gasteiger partial charge in [0.25, 0.3) is 0 Å². The quantitative estimate of drug-likeness (QED) is 0.448. The first-order valence-corrected chi connectivity index (χ1v) is 7.65. The fourth-order valence-corrected chi connectivity index (χ4v) is 2.19. The van der Waals surface area contributed by atoms with E-state index in [-0.39, 0.29) is 12.5 Å². The summed E-state index contributed by atoms with van der Waals surface area (Å²) in [5.41, 5.74) is 0. The van der Waals surface area contributed by atoms with Crippen molar-refractivity contribution in [2.45, 2.75) is 19.9 Å². The second-order valence-corrected chi connectivity index (χ2v) is 5.75. The molecule has 0 radical (unpaired) electrons. The Morgan fingerprint density at radius 3 is 2.86 bits per heavy atom. The standard InChI is InChI=1S/C14H23N5OS/c1-5-7-15-14(18-10-13(20)19(3)4)17-9-12-16-8-11(6-2)21-12/h5,8H,1,6-7,9-10H2,2-4H3,(H2,15,17,18). The van der Waals surface area contributed by atoms with E-state index in [9.17, 15) is 4.79 Å². The van der Waals surface area contributed by atoms with Crippen molar-refractivity contribution in [3.8, 4) is 0 Å².